The number of carbonyl (C=O) groups excluding carboxylic acids is 1. The summed E-state index contributed by atoms with van der Waals surface area (Å²) < 4.78 is 25.9. The van der Waals surface area contributed by atoms with Crippen LogP contribution in [0.15, 0.2) is 53.2 Å². The second kappa shape index (κ2) is 7.48. The summed E-state index contributed by atoms with van der Waals surface area (Å²) in [7, 11) is 1.64. The molecule has 1 aliphatic rings. The Balaban J connectivity index is 1.26. The minimum atomic E-state index is -0.332. The largest absolute Gasteiger partial charge is 0.497 e. The molecule has 0 radical (unpaired) electrons. The zero-order valence-corrected chi connectivity index (χ0v) is 16.7. The Morgan fingerprint density at radius 2 is 2.03 bits per heavy atom. The number of hydrogen-bond acceptors (Lipinski definition) is 4. The Hall–Kier alpha value is -3.35. The first-order chi connectivity index (χ1) is 14.6. The molecule has 7 heteroatoms. The van der Waals surface area contributed by atoms with E-state index < -0.39 is 0 Å². The molecule has 0 saturated carbocycles. The van der Waals surface area contributed by atoms with E-state index in [0.717, 1.165) is 40.6 Å². The Labute approximate surface area is 172 Å². The second-order valence-electron chi connectivity index (χ2n) is 7.73. The monoisotopic (exact) mass is 407 g/mol. The molecular formula is C23H22FN3O3. The van der Waals surface area contributed by atoms with Gasteiger partial charge in [0.15, 0.2) is 5.58 Å². The number of fused-ring (bicyclic) bond motifs is 2. The number of hydrogen-bond donors (Lipinski definition) is 0. The van der Waals surface area contributed by atoms with E-state index in [2.05, 4.69) is 5.16 Å². The fraction of sp³-hybridized carbons (Fsp3) is 0.304. The van der Waals surface area contributed by atoms with E-state index in [-0.39, 0.29) is 17.6 Å². The highest BCUT2D eigenvalue weighted by Crippen LogP contribution is 2.33. The minimum Gasteiger partial charge on any atom is -0.497 e. The molecule has 5 rings (SSSR count). The maximum absolute atomic E-state index is 13.4. The van der Waals surface area contributed by atoms with Crippen LogP contribution in [0.25, 0.3) is 21.9 Å². The number of likely N-dealkylation sites (tertiary alicyclic amines) is 1. The van der Waals surface area contributed by atoms with Gasteiger partial charge in [-0.3, -0.25) is 4.79 Å². The molecule has 30 heavy (non-hydrogen) atoms. The normalized spacial score (nSPS) is 15.2. The predicted molar refractivity (Wildman–Crippen MR) is 111 cm³/mol. The Kier molecular flexibility index (Phi) is 4.65. The molecule has 0 aliphatic carbocycles. The molecule has 1 aliphatic heterocycles. The van der Waals surface area contributed by atoms with E-state index in [1.165, 1.54) is 12.1 Å². The van der Waals surface area contributed by atoms with E-state index in [4.69, 9.17) is 9.26 Å². The summed E-state index contributed by atoms with van der Waals surface area (Å²) in [5.74, 6) is 0.785. The standard InChI is InChI=1S/C23H22FN3O3/c1-29-18-3-5-20-16(12-18)8-11-27(20)14-22(28)26-9-6-15(7-10-26)23-19-4-2-17(24)13-21(19)30-25-23/h2-5,8,11-13,15H,6-7,9-10,14H2,1H3. The highest BCUT2D eigenvalue weighted by atomic mass is 19.1. The summed E-state index contributed by atoms with van der Waals surface area (Å²) in [6, 6.07) is 12.4. The van der Waals surface area contributed by atoms with Crippen molar-refractivity contribution in [3.8, 4) is 5.75 Å². The van der Waals surface area contributed by atoms with Crippen molar-refractivity contribution in [2.45, 2.75) is 25.3 Å². The number of methoxy groups -OCH3 is 1. The van der Waals surface area contributed by atoms with Gasteiger partial charge in [0.25, 0.3) is 0 Å². The number of nitrogens with zero attached hydrogens (tertiary/aromatic N) is 3. The number of halogens is 1. The van der Waals surface area contributed by atoms with Gasteiger partial charge in [-0.15, -0.1) is 0 Å². The number of rotatable bonds is 4. The molecule has 0 spiro atoms. The Bertz CT molecular complexity index is 1220. The second-order valence-corrected chi connectivity index (χ2v) is 7.73. The molecule has 0 bridgehead atoms. The van der Waals surface area contributed by atoms with Crippen LogP contribution < -0.4 is 4.74 Å². The van der Waals surface area contributed by atoms with Crippen LogP contribution in [0.1, 0.15) is 24.5 Å². The van der Waals surface area contributed by atoms with Crippen LogP contribution in [-0.2, 0) is 11.3 Å². The van der Waals surface area contributed by atoms with Crippen molar-refractivity contribution in [3.63, 3.8) is 0 Å². The van der Waals surface area contributed by atoms with Gasteiger partial charge < -0.3 is 18.7 Å². The van der Waals surface area contributed by atoms with Crippen molar-refractivity contribution in [2.24, 2.45) is 0 Å². The van der Waals surface area contributed by atoms with Crippen LogP contribution >= 0.6 is 0 Å². The van der Waals surface area contributed by atoms with Gasteiger partial charge in [-0.25, -0.2) is 4.39 Å². The smallest absolute Gasteiger partial charge is 0.242 e. The third kappa shape index (κ3) is 3.30. The molecule has 1 fully saturated rings. The quantitative estimate of drug-likeness (QED) is 0.505. The number of carbonyl (C=O) groups is 1. The maximum Gasteiger partial charge on any atom is 0.242 e. The van der Waals surface area contributed by atoms with Crippen molar-refractivity contribution >= 4 is 27.8 Å². The van der Waals surface area contributed by atoms with Gasteiger partial charge >= 0.3 is 0 Å². The van der Waals surface area contributed by atoms with Gasteiger partial charge in [-0.05, 0) is 49.2 Å². The van der Waals surface area contributed by atoms with E-state index in [9.17, 15) is 9.18 Å². The topological polar surface area (TPSA) is 60.5 Å². The van der Waals surface area contributed by atoms with Gasteiger partial charge in [0.05, 0.1) is 12.8 Å². The van der Waals surface area contributed by atoms with Crippen LogP contribution in [0.5, 0.6) is 5.75 Å². The van der Waals surface area contributed by atoms with Crippen LogP contribution in [0.3, 0.4) is 0 Å². The highest BCUT2D eigenvalue weighted by Gasteiger charge is 2.27. The predicted octanol–water partition coefficient (Wildman–Crippen LogP) is 4.34. The van der Waals surface area contributed by atoms with Crippen LogP contribution in [0, 0.1) is 5.82 Å². The Morgan fingerprint density at radius 3 is 2.83 bits per heavy atom. The first-order valence-corrected chi connectivity index (χ1v) is 10.1. The molecule has 1 saturated heterocycles. The molecule has 2 aromatic carbocycles. The van der Waals surface area contributed by atoms with Gasteiger partial charge in [-0.2, -0.15) is 0 Å². The number of aromatic nitrogens is 2. The molecule has 0 unspecified atom stereocenters. The van der Waals surface area contributed by atoms with E-state index >= 15 is 0 Å². The fourth-order valence-electron chi connectivity index (χ4n) is 4.32. The molecule has 6 nitrogen and oxygen atoms in total. The molecule has 2 aromatic heterocycles. The number of piperidine rings is 1. The van der Waals surface area contributed by atoms with E-state index in [0.29, 0.717) is 25.2 Å². The highest BCUT2D eigenvalue weighted by molar-refractivity contribution is 5.84. The molecule has 0 atom stereocenters. The van der Waals surface area contributed by atoms with E-state index in [1.54, 1.807) is 13.2 Å². The maximum atomic E-state index is 13.4. The lowest BCUT2D eigenvalue weighted by Crippen LogP contribution is -2.39. The van der Waals surface area contributed by atoms with Crippen LogP contribution in [0.4, 0.5) is 4.39 Å². The number of benzene rings is 2. The van der Waals surface area contributed by atoms with Gasteiger partial charge in [0.1, 0.15) is 18.1 Å². The van der Waals surface area contributed by atoms with Gasteiger partial charge in [-0.1, -0.05) is 5.16 Å². The van der Waals surface area contributed by atoms with Gasteiger partial charge in [0.2, 0.25) is 5.91 Å². The van der Waals surface area contributed by atoms with E-state index in [1.807, 2.05) is 39.9 Å². The molecular weight excluding hydrogens is 385 g/mol. The molecule has 154 valence electrons. The summed E-state index contributed by atoms with van der Waals surface area (Å²) in [6.07, 6.45) is 3.57. The number of amides is 1. The summed E-state index contributed by atoms with van der Waals surface area (Å²) in [5, 5.41) is 6.09. The summed E-state index contributed by atoms with van der Waals surface area (Å²) in [6.45, 7) is 1.66. The lowest BCUT2D eigenvalue weighted by molar-refractivity contribution is -0.132. The van der Waals surface area contributed by atoms with Crippen molar-refractivity contribution in [1.82, 2.24) is 14.6 Å². The zero-order valence-electron chi connectivity index (χ0n) is 16.7. The average molecular weight is 407 g/mol. The summed E-state index contributed by atoms with van der Waals surface area (Å²) in [5.41, 5.74) is 2.35. The van der Waals surface area contributed by atoms with Crippen molar-refractivity contribution in [2.75, 3.05) is 20.2 Å². The lowest BCUT2D eigenvalue weighted by Gasteiger charge is -2.31. The average Bonchev–Trinajstić information content (AvgIpc) is 3.37. The Morgan fingerprint density at radius 1 is 1.20 bits per heavy atom. The van der Waals surface area contributed by atoms with Crippen molar-refractivity contribution in [3.05, 3.63) is 60.2 Å². The lowest BCUT2D eigenvalue weighted by atomic mass is 9.91. The minimum absolute atomic E-state index is 0.105. The fourth-order valence-corrected chi connectivity index (χ4v) is 4.32. The molecule has 4 aromatic rings. The third-order valence-electron chi connectivity index (χ3n) is 5.98. The molecule has 1 amide bonds. The van der Waals surface area contributed by atoms with Gasteiger partial charge in [0, 0.05) is 47.6 Å². The first kappa shape index (κ1) is 18.7. The van der Waals surface area contributed by atoms with Crippen molar-refractivity contribution < 1.29 is 18.4 Å². The van der Waals surface area contributed by atoms with Crippen LogP contribution in [0.2, 0.25) is 0 Å². The van der Waals surface area contributed by atoms with Crippen LogP contribution in [-0.4, -0.2) is 40.7 Å². The summed E-state index contributed by atoms with van der Waals surface area (Å²) in [4.78, 5) is 14.8. The zero-order chi connectivity index (χ0) is 20.7. The first-order valence-electron chi connectivity index (χ1n) is 10.1. The third-order valence-corrected chi connectivity index (χ3v) is 5.98. The SMILES string of the molecule is COc1ccc2c(ccn2CC(=O)N2CCC(c3noc4cc(F)ccc34)CC2)c1. The molecule has 3 heterocycles. The molecule has 0 N–H and O–H groups in total. The number of ether oxygens (including phenoxy) is 1. The summed E-state index contributed by atoms with van der Waals surface area (Å²) >= 11 is 0. The van der Waals surface area contributed by atoms with Crippen molar-refractivity contribution in [1.29, 1.82) is 0 Å².